The molecule has 0 nitrogen and oxygen atoms in total. The molecule has 0 N–H and O–H groups in total. The summed E-state index contributed by atoms with van der Waals surface area (Å²) in [4.78, 5) is 0. The smallest absolute Gasteiger partial charge is 0.0354 e. The fraction of sp³-hybridized carbons (Fsp3) is 0.636. The Labute approximate surface area is 73.0 Å². The fourth-order valence-electron chi connectivity index (χ4n) is 0. The lowest BCUT2D eigenvalue weighted by molar-refractivity contribution is 1.11. The summed E-state index contributed by atoms with van der Waals surface area (Å²) in [5.41, 5.74) is 2.63. The molecule has 11 heavy (non-hydrogen) atoms. The second-order valence-corrected chi connectivity index (χ2v) is 2.68. The molecule has 0 amide bonds. The predicted molar refractivity (Wildman–Crippen MR) is 56.9 cm³/mol. The molecular weight excluding hydrogens is 132 g/mol. The van der Waals surface area contributed by atoms with E-state index in [0.29, 0.717) is 0 Å². The molecule has 68 valence electrons. The van der Waals surface area contributed by atoms with E-state index in [9.17, 15) is 0 Å². The van der Waals surface area contributed by atoms with Crippen molar-refractivity contribution < 1.29 is 0 Å². The predicted octanol–water partition coefficient (Wildman–Crippen LogP) is 4.58. The molecule has 0 heterocycles. The van der Waals surface area contributed by atoms with Crippen molar-refractivity contribution in [2.75, 3.05) is 0 Å². The topological polar surface area (TPSA) is 0 Å². The van der Waals surface area contributed by atoms with Crippen molar-refractivity contribution in [1.29, 1.82) is 0 Å². The highest BCUT2D eigenvalue weighted by Gasteiger charge is 1.67. The second kappa shape index (κ2) is 12.2. The molecule has 0 atom stereocenters. The van der Waals surface area contributed by atoms with Crippen molar-refractivity contribution >= 4 is 0 Å². The van der Waals surface area contributed by atoms with Crippen LogP contribution in [0.2, 0.25) is 0 Å². The molecule has 0 aromatic rings. The third-order valence-electron chi connectivity index (χ3n) is 1.18. The number of hydrogen-bond donors (Lipinski definition) is 0. The monoisotopic (exact) mass is 156 g/mol. The third-order valence-corrected chi connectivity index (χ3v) is 1.18. The average Bonchev–Trinajstić information content (AvgIpc) is 1.89. The first-order chi connectivity index (χ1) is 4.54. The van der Waals surface area contributed by atoms with Gasteiger partial charge < -0.3 is 0 Å². The molecule has 0 rings (SSSR count). The van der Waals surface area contributed by atoms with Gasteiger partial charge in [-0.15, -0.1) is 6.58 Å². The molecule has 0 heteroatoms. The molecule has 0 spiro atoms. The van der Waals surface area contributed by atoms with Crippen LogP contribution in [0.3, 0.4) is 0 Å². The highest BCUT2D eigenvalue weighted by molar-refractivity contribution is 4.88. The number of rotatable bonds is 1. The van der Waals surface area contributed by atoms with E-state index in [-0.39, 0.29) is 7.43 Å². The minimum absolute atomic E-state index is 0. The van der Waals surface area contributed by atoms with Crippen molar-refractivity contribution in [1.82, 2.24) is 0 Å². The van der Waals surface area contributed by atoms with Crippen molar-refractivity contribution in [3.63, 3.8) is 0 Å². The Bertz CT molecular complexity index is 103. The summed E-state index contributed by atoms with van der Waals surface area (Å²) in [6.45, 7) is 14.0. The van der Waals surface area contributed by atoms with Crippen LogP contribution >= 0.6 is 0 Å². The van der Waals surface area contributed by atoms with Gasteiger partial charge in [-0.05, 0) is 34.1 Å². The standard InChI is InChI=1S/2C5H10.CH4/c2*1-4-5(2)3;/h4H,1-3H3;2,4H2,1,3H3;1H4. The lowest BCUT2D eigenvalue weighted by Crippen LogP contribution is -1.58. The van der Waals surface area contributed by atoms with Crippen molar-refractivity contribution in [3.8, 4) is 0 Å². The minimum Gasteiger partial charge on any atom is -0.100 e. The molecule has 0 saturated carbocycles. The van der Waals surface area contributed by atoms with Crippen LogP contribution in [0.5, 0.6) is 0 Å². The van der Waals surface area contributed by atoms with Gasteiger partial charge in [-0.1, -0.05) is 31.6 Å². The third kappa shape index (κ3) is 43.8. The number of allylic oxidation sites excluding steroid dienone is 3. The van der Waals surface area contributed by atoms with E-state index in [1.165, 1.54) is 11.1 Å². The molecule has 0 fully saturated rings. The maximum absolute atomic E-state index is 3.67. The number of hydrogen-bond acceptors (Lipinski definition) is 0. The van der Waals surface area contributed by atoms with Gasteiger partial charge in [-0.3, -0.25) is 0 Å². The Morgan fingerprint density at radius 2 is 1.45 bits per heavy atom. The Balaban J connectivity index is -0.000000107. The van der Waals surface area contributed by atoms with Crippen LogP contribution < -0.4 is 0 Å². The van der Waals surface area contributed by atoms with Crippen molar-refractivity contribution in [2.45, 2.75) is 48.5 Å². The van der Waals surface area contributed by atoms with Gasteiger partial charge >= 0.3 is 0 Å². The second-order valence-electron chi connectivity index (χ2n) is 2.68. The van der Waals surface area contributed by atoms with E-state index in [0.717, 1.165) is 6.42 Å². The first-order valence-electron chi connectivity index (χ1n) is 3.78. The molecule has 0 bridgehead atoms. The van der Waals surface area contributed by atoms with E-state index in [1.807, 2.05) is 13.8 Å². The molecular formula is C11H24. The molecule has 0 aromatic heterocycles. The van der Waals surface area contributed by atoms with E-state index < -0.39 is 0 Å². The first kappa shape index (κ1) is 16.8. The zero-order valence-corrected chi connectivity index (χ0v) is 7.99. The molecule has 0 radical (unpaired) electrons. The highest BCUT2D eigenvalue weighted by atomic mass is 13.7. The van der Waals surface area contributed by atoms with Crippen LogP contribution in [0.1, 0.15) is 48.5 Å². The molecule has 0 aliphatic heterocycles. The maximum Gasteiger partial charge on any atom is -0.0354 e. The average molecular weight is 156 g/mol. The normalized spacial score (nSPS) is 6.64. The van der Waals surface area contributed by atoms with Gasteiger partial charge in [0.25, 0.3) is 0 Å². The summed E-state index contributed by atoms with van der Waals surface area (Å²) in [7, 11) is 0. The summed E-state index contributed by atoms with van der Waals surface area (Å²) < 4.78 is 0. The van der Waals surface area contributed by atoms with Gasteiger partial charge in [-0.2, -0.15) is 0 Å². The lowest BCUT2D eigenvalue weighted by Gasteiger charge is -1.79. The summed E-state index contributed by atoms with van der Waals surface area (Å²) in [6.07, 6.45) is 3.19. The highest BCUT2D eigenvalue weighted by Crippen LogP contribution is 1.88. The summed E-state index contributed by atoms with van der Waals surface area (Å²) in [6, 6.07) is 0. The van der Waals surface area contributed by atoms with Crippen molar-refractivity contribution in [3.05, 3.63) is 23.8 Å². The SMILES string of the molecule is C.C=C(C)CC.CC=C(C)C. The van der Waals surface area contributed by atoms with Crippen LogP contribution in [-0.4, -0.2) is 0 Å². The quantitative estimate of drug-likeness (QED) is 0.487. The van der Waals surface area contributed by atoms with Crippen LogP contribution in [-0.2, 0) is 0 Å². The Kier molecular flexibility index (Phi) is 18.6. The van der Waals surface area contributed by atoms with Crippen LogP contribution in [0, 0.1) is 0 Å². The maximum atomic E-state index is 3.67. The zero-order chi connectivity index (χ0) is 8.57. The molecule has 0 aliphatic carbocycles. The van der Waals surface area contributed by atoms with Crippen LogP contribution in [0.25, 0.3) is 0 Å². The van der Waals surface area contributed by atoms with E-state index >= 15 is 0 Å². The zero-order valence-electron chi connectivity index (χ0n) is 7.99. The molecule has 0 aromatic carbocycles. The fourth-order valence-corrected chi connectivity index (χ4v) is 0. The molecule has 0 unspecified atom stereocenters. The van der Waals surface area contributed by atoms with Gasteiger partial charge in [0.2, 0.25) is 0 Å². The van der Waals surface area contributed by atoms with Gasteiger partial charge in [-0.25, -0.2) is 0 Å². The largest absolute Gasteiger partial charge is 0.100 e. The van der Waals surface area contributed by atoms with Crippen LogP contribution in [0.4, 0.5) is 0 Å². The van der Waals surface area contributed by atoms with Gasteiger partial charge in [0.05, 0.1) is 0 Å². The first-order valence-corrected chi connectivity index (χ1v) is 3.78. The van der Waals surface area contributed by atoms with Crippen LogP contribution in [0.15, 0.2) is 23.8 Å². The Hall–Kier alpha value is -0.520. The van der Waals surface area contributed by atoms with Gasteiger partial charge in [0.15, 0.2) is 0 Å². The lowest BCUT2D eigenvalue weighted by atomic mass is 10.3. The van der Waals surface area contributed by atoms with E-state index in [2.05, 4.69) is 33.4 Å². The van der Waals surface area contributed by atoms with Gasteiger partial charge in [0, 0.05) is 0 Å². The minimum atomic E-state index is 0. The summed E-state index contributed by atoms with van der Waals surface area (Å²) in [5, 5.41) is 0. The summed E-state index contributed by atoms with van der Waals surface area (Å²) in [5.74, 6) is 0. The van der Waals surface area contributed by atoms with Gasteiger partial charge in [0.1, 0.15) is 0 Å². The Morgan fingerprint density at radius 3 is 1.45 bits per heavy atom. The molecule has 0 saturated heterocycles. The van der Waals surface area contributed by atoms with E-state index in [4.69, 9.17) is 0 Å². The molecule has 0 aliphatic rings. The Morgan fingerprint density at radius 1 is 1.27 bits per heavy atom. The van der Waals surface area contributed by atoms with E-state index in [1.54, 1.807) is 0 Å². The van der Waals surface area contributed by atoms with Crippen molar-refractivity contribution in [2.24, 2.45) is 0 Å². The summed E-state index contributed by atoms with van der Waals surface area (Å²) >= 11 is 0.